The number of hydrogen-bond acceptors (Lipinski definition) is 1. The fourth-order valence-electron chi connectivity index (χ4n) is 2.01. The average molecular weight is 224 g/mol. The van der Waals surface area contributed by atoms with E-state index in [0.717, 1.165) is 16.8 Å². The van der Waals surface area contributed by atoms with Gasteiger partial charge >= 0.3 is 0 Å². The largest absolute Gasteiger partial charge is 0.309 e. The molecule has 1 aromatic carbocycles. The molecule has 0 aliphatic carbocycles. The molecule has 0 saturated carbocycles. The van der Waals surface area contributed by atoms with Gasteiger partial charge in [0, 0.05) is 31.1 Å². The predicted octanol–water partition coefficient (Wildman–Crippen LogP) is 2.30. The van der Waals surface area contributed by atoms with Crippen LogP contribution in [0.2, 0.25) is 0 Å². The molecule has 0 spiro atoms. The first-order valence-electron chi connectivity index (χ1n) is 5.49. The van der Waals surface area contributed by atoms with Crippen molar-refractivity contribution in [3.63, 3.8) is 0 Å². The van der Waals surface area contributed by atoms with Gasteiger partial charge in [-0.3, -0.25) is 9.36 Å². The number of aromatic nitrogens is 2. The molecule has 84 valence electrons. The zero-order valence-electron chi connectivity index (χ0n) is 9.50. The van der Waals surface area contributed by atoms with Crippen molar-refractivity contribution in [2.24, 2.45) is 7.05 Å². The van der Waals surface area contributed by atoms with Crippen LogP contribution in [0, 0.1) is 0 Å². The summed E-state index contributed by atoms with van der Waals surface area (Å²) in [6.07, 6.45) is 3.83. The molecule has 0 atom stereocenters. The van der Waals surface area contributed by atoms with Gasteiger partial charge in [-0.15, -0.1) is 0 Å². The van der Waals surface area contributed by atoms with Crippen LogP contribution >= 0.6 is 0 Å². The Hall–Kier alpha value is -2.29. The third-order valence-corrected chi connectivity index (χ3v) is 2.99. The standard InChI is InChI=1S/C14H12N2O/c1-15-13-9-12(11-5-3-2-4-6-11)10-16(13)8-7-14(15)17/h2-10H,1H3. The molecule has 2 heterocycles. The van der Waals surface area contributed by atoms with Gasteiger partial charge in [-0.25, -0.2) is 0 Å². The Bertz CT molecular complexity index is 723. The number of aryl methyl sites for hydroxylation is 1. The first kappa shape index (κ1) is 9.90. The topological polar surface area (TPSA) is 26.4 Å². The molecule has 0 unspecified atom stereocenters. The maximum atomic E-state index is 11.5. The molecule has 3 heteroatoms. The molecule has 0 N–H and O–H groups in total. The number of nitrogens with zero attached hydrogens (tertiary/aromatic N) is 2. The Balaban J connectivity index is 2.28. The summed E-state index contributed by atoms with van der Waals surface area (Å²) in [4.78, 5) is 11.5. The minimum absolute atomic E-state index is 0.00946. The second-order valence-corrected chi connectivity index (χ2v) is 4.07. The SMILES string of the molecule is Cn1c(=O)ccn2cc(-c3ccccc3)cc12. The van der Waals surface area contributed by atoms with E-state index in [9.17, 15) is 4.79 Å². The molecular weight excluding hydrogens is 212 g/mol. The molecule has 0 fully saturated rings. The highest BCUT2D eigenvalue weighted by Gasteiger charge is 2.04. The highest BCUT2D eigenvalue weighted by molar-refractivity contribution is 5.68. The van der Waals surface area contributed by atoms with Crippen molar-refractivity contribution in [1.29, 1.82) is 0 Å². The van der Waals surface area contributed by atoms with Crippen molar-refractivity contribution < 1.29 is 0 Å². The van der Waals surface area contributed by atoms with Gasteiger partial charge in [0.25, 0.3) is 5.56 Å². The van der Waals surface area contributed by atoms with E-state index in [-0.39, 0.29) is 5.56 Å². The zero-order chi connectivity index (χ0) is 11.8. The molecule has 17 heavy (non-hydrogen) atoms. The van der Waals surface area contributed by atoms with Crippen LogP contribution in [0.1, 0.15) is 0 Å². The van der Waals surface area contributed by atoms with Gasteiger partial charge in [0.15, 0.2) is 0 Å². The van der Waals surface area contributed by atoms with Crippen LogP contribution in [0.4, 0.5) is 0 Å². The molecule has 2 aromatic heterocycles. The first-order valence-corrected chi connectivity index (χ1v) is 5.49. The van der Waals surface area contributed by atoms with E-state index >= 15 is 0 Å². The number of fused-ring (bicyclic) bond motifs is 1. The van der Waals surface area contributed by atoms with Crippen molar-refractivity contribution in [2.75, 3.05) is 0 Å². The second-order valence-electron chi connectivity index (χ2n) is 4.07. The predicted molar refractivity (Wildman–Crippen MR) is 68.1 cm³/mol. The van der Waals surface area contributed by atoms with Crippen molar-refractivity contribution in [3.8, 4) is 11.1 Å². The van der Waals surface area contributed by atoms with Crippen LogP contribution in [0.25, 0.3) is 16.8 Å². The monoisotopic (exact) mass is 224 g/mol. The fraction of sp³-hybridized carbons (Fsp3) is 0.0714. The summed E-state index contributed by atoms with van der Waals surface area (Å²) in [6, 6.07) is 13.7. The van der Waals surface area contributed by atoms with Crippen LogP contribution in [-0.2, 0) is 7.05 Å². The Morgan fingerprint density at radius 1 is 1.00 bits per heavy atom. The first-order chi connectivity index (χ1) is 8.25. The lowest BCUT2D eigenvalue weighted by Crippen LogP contribution is -2.16. The third-order valence-electron chi connectivity index (χ3n) is 2.99. The van der Waals surface area contributed by atoms with E-state index in [2.05, 4.69) is 12.1 Å². The van der Waals surface area contributed by atoms with E-state index in [0.29, 0.717) is 0 Å². The fourth-order valence-corrected chi connectivity index (χ4v) is 2.01. The van der Waals surface area contributed by atoms with E-state index < -0.39 is 0 Å². The van der Waals surface area contributed by atoms with E-state index in [1.165, 1.54) is 0 Å². The summed E-state index contributed by atoms with van der Waals surface area (Å²) in [6.45, 7) is 0. The lowest BCUT2D eigenvalue weighted by molar-refractivity contribution is 0.859. The van der Waals surface area contributed by atoms with Crippen LogP contribution in [-0.4, -0.2) is 8.97 Å². The van der Waals surface area contributed by atoms with E-state index in [1.54, 1.807) is 23.9 Å². The Labute approximate surface area is 98.6 Å². The number of hydrogen-bond donors (Lipinski definition) is 0. The molecule has 0 saturated heterocycles. The van der Waals surface area contributed by atoms with Gasteiger partial charge in [0.2, 0.25) is 0 Å². The average Bonchev–Trinajstić information content (AvgIpc) is 2.80. The van der Waals surface area contributed by atoms with Crippen LogP contribution in [0.5, 0.6) is 0 Å². The van der Waals surface area contributed by atoms with Crippen LogP contribution in [0.3, 0.4) is 0 Å². The molecule has 3 aromatic rings. The van der Waals surface area contributed by atoms with Gasteiger partial charge in [0.05, 0.1) is 0 Å². The molecule has 3 nitrogen and oxygen atoms in total. The normalized spacial score (nSPS) is 10.9. The summed E-state index contributed by atoms with van der Waals surface area (Å²) < 4.78 is 3.61. The van der Waals surface area contributed by atoms with Crippen molar-refractivity contribution in [2.45, 2.75) is 0 Å². The lowest BCUT2D eigenvalue weighted by Gasteiger charge is -1.99. The smallest absolute Gasteiger partial charge is 0.253 e. The minimum atomic E-state index is 0.00946. The molecular formula is C14H12N2O. The van der Waals surface area contributed by atoms with Crippen molar-refractivity contribution in [1.82, 2.24) is 8.97 Å². The Morgan fingerprint density at radius 2 is 1.76 bits per heavy atom. The van der Waals surface area contributed by atoms with Gasteiger partial charge in [-0.2, -0.15) is 0 Å². The Kier molecular flexibility index (Phi) is 2.11. The molecule has 0 aliphatic heterocycles. The minimum Gasteiger partial charge on any atom is -0.309 e. The zero-order valence-corrected chi connectivity index (χ0v) is 9.50. The second kappa shape index (κ2) is 3.63. The van der Waals surface area contributed by atoms with Crippen LogP contribution < -0.4 is 5.56 Å². The van der Waals surface area contributed by atoms with Crippen molar-refractivity contribution in [3.05, 3.63) is 65.2 Å². The molecule has 0 radical (unpaired) electrons. The summed E-state index contributed by atoms with van der Waals surface area (Å²) in [5, 5.41) is 0. The van der Waals surface area contributed by atoms with Gasteiger partial charge < -0.3 is 4.40 Å². The Morgan fingerprint density at radius 3 is 2.53 bits per heavy atom. The van der Waals surface area contributed by atoms with Crippen molar-refractivity contribution >= 4 is 5.65 Å². The molecule has 0 amide bonds. The van der Waals surface area contributed by atoms with Gasteiger partial charge in [-0.05, 0) is 11.6 Å². The lowest BCUT2D eigenvalue weighted by atomic mass is 10.1. The maximum Gasteiger partial charge on any atom is 0.253 e. The molecule has 0 aliphatic rings. The molecule has 3 rings (SSSR count). The van der Waals surface area contributed by atoms with E-state index in [4.69, 9.17) is 0 Å². The summed E-state index contributed by atoms with van der Waals surface area (Å²) in [7, 11) is 1.78. The molecule has 0 bridgehead atoms. The van der Waals surface area contributed by atoms with Gasteiger partial charge in [-0.1, -0.05) is 30.3 Å². The highest BCUT2D eigenvalue weighted by atomic mass is 16.1. The quantitative estimate of drug-likeness (QED) is 0.623. The van der Waals surface area contributed by atoms with E-state index in [1.807, 2.05) is 34.9 Å². The number of rotatable bonds is 1. The highest BCUT2D eigenvalue weighted by Crippen LogP contribution is 2.21. The maximum absolute atomic E-state index is 11.5. The summed E-state index contributed by atoms with van der Waals surface area (Å²) in [5.74, 6) is 0. The van der Waals surface area contributed by atoms with Gasteiger partial charge in [0.1, 0.15) is 5.65 Å². The van der Waals surface area contributed by atoms with Crippen LogP contribution in [0.15, 0.2) is 59.7 Å². The summed E-state index contributed by atoms with van der Waals surface area (Å²) >= 11 is 0. The third kappa shape index (κ3) is 1.56. The summed E-state index contributed by atoms with van der Waals surface area (Å²) in [5.41, 5.74) is 3.18. The number of benzene rings is 1.